The van der Waals surface area contributed by atoms with Crippen molar-refractivity contribution >= 4 is 44.9 Å². The summed E-state index contributed by atoms with van der Waals surface area (Å²) in [6, 6.07) is 9.67. The van der Waals surface area contributed by atoms with Crippen molar-refractivity contribution in [1.82, 2.24) is 4.57 Å². The number of nitrogens with two attached hydrogens (primary N) is 1. The van der Waals surface area contributed by atoms with Gasteiger partial charge in [0.25, 0.3) is 0 Å². The number of Topliss-reactive ketones (excluding diaryl/α,β-unsaturated/α-hetero) is 1. The third kappa shape index (κ3) is 4.33. The molecule has 7 nitrogen and oxygen atoms in total. The van der Waals surface area contributed by atoms with Crippen molar-refractivity contribution < 1.29 is 24.2 Å². The molecule has 2 aromatic carbocycles. The molecule has 1 aliphatic rings. The maximum absolute atomic E-state index is 12.6. The highest BCUT2D eigenvalue weighted by Gasteiger charge is 2.28. The molecule has 1 heterocycles. The minimum absolute atomic E-state index is 0.280. The normalized spacial score (nSPS) is 12.1. The number of ketones is 1. The minimum atomic E-state index is -1.10. The van der Waals surface area contributed by atoms with Crippen LogP contribution in [0.25, 0.3) is 10.9 Å². The van der Waals surface area contributed by atoms with Gasteiger partial charge >= 0.3 is 5.97 Å². The first-order chi connectivity index (χ1) is 15.4. The van der Waals surface area contributed by atoms with Gasteiger partial charge in [0.15, 0.2) is 12.9 Å². The summed E-state index contributed by atoms with van der Waals surface area (Å²) >= 11 is 3.58. The summed E-state index contributed by atoms with van der Waals surface area (Å²) in [5.74, 6) is -1.40. The Morgan fingerprint density at radius 1 is 1.25 bits per heavy atom. The number of rotatable bonds is 7. The van der Waals surface area contributed by atoms with Crippen LogP contribution in [0.1, 0.15) is 39.2 Å². The summed E-state index contributed by atoms with van der Waals surface area (Å²) < 4.78 is 8.59. The summed E-state index contributed by atoms with van der Waals surface area (Å²) in [4.78, 5) is 35.2. The average molecular weight is 501 g/mol. The van der Waals surface area contributed by atoms with Crippen LogP contribution < -0.4 is 10.5 Å². The van der Waals surface area contributed by atoms with E-state index in [2.05, 4.69) is 21.7 Å². The van der Waals surface area contributed by atoms with Crippen molar-refractivity contribution in [3.05, 3.63) is 62.8 Å². The molecule has 3 N–H and O–H groups in total. The molecule has 0 aliphatic heterocycles. The third-order valence-electron chi connectivity index (χ3n) is 5.61. The van der Waals surface area contributed by atoms with Crippen molar-refractivity contribution in [3.63, 3.8) is 0 Å². The number of hydrogen-bond donors (Lipinski definition) is 2. The lowest BCUT2D eigenvalue weighted by molar-refractivity contribution is -0.139. The van der Waals surface area contributed by atoms with E-state index in [1.165, 1.54) is 7.05 Å². The second-order valence-electron chi connectivity index (χ2n) is 7.39. The Kier molecular flexibility index (Phi) is 7.48. The molecule has 8 heteroatoms. The molecule has 0 unspecified atom stereocenters. The van der Waals surface area contributed by atoms with Crippen LogP contribution in [0.3, 0.4) is 0 Å². The largest absolute Gasteiger partial charge is 0.481 e. The van der Waals surface area contributed by atoms with Gasteiger partial charge in [-0.05, 0) is 62.1 Å². The fourth-order valence-electron chi connectivity index (χ4n) is 4.33. The first-order valence-electron chi connectivity index (χ1n) is 10.2. The van der Waals surface area contributed by atoms with Gasteiger partial charge in [-0.25, -0.2) is 4.79 Å². The topological polar surface area (TPSA) is 112 Å². The van der Waals surface area contributed by atoms with Gasteiger partial charge in [0.2, 0.25) is 5.78 Å². The molecule has 0 saturated heterocycles. The van der Waals surface area contributed by atoms with E-state index in [-0.39, 0.29) is 5.56 Å². The lowest BCUT2D eigenvalue weighted by atomic mass is 10.0. The summed E-state index contributed by atoms with van der Waals surface area (Å²) in [7, 11) is 1.50. The number of carboxylic acid groups (broad SMARTS) is 1. The van der Waals surface area contributed by atoms with Crippen LogP contribution in [0.15, 0.2) is 34.8 Å². The monoisotopic (exact) mass is 500 g/mol. The molecule has 0 spiro atoms. The molecule has 0 atom stereocenters. The molecule has 168 valence electrons. The second-order valence-corrected chi connectivity index (χ2v) is 8.25. The summed E-state index contributed by atoms with van der Waals surface area (Å²) in [5.41, 5.74) is 9.56. The Bertz CT molecular complexity index is 1200. The fourth-order valence-corrected chi connectivity index (χ4v) is 4.74. The number of carboxylic acids is 1. The molecular weight excluding hydrogens is 476 g/mol. The molecule has 1 aromatic heterocycles. The van der Waals surface area contributed by atoms with Gasteiger partial charge in [-0.3, -0.25) is 9.59 Å². The first-order valence-corrected chi connectivity index (χ1v) is 11.0. The van der Waals surface area contributed by atoms with E-state index < -0.39 is 18.4 Å². The molecular formula is C24H25BrN2O5. The van der Waals surface area contributed by atoms with Crippen LogP contribution >= 0.6 is 15.9 Å². The van der Waals surface area contributed by atoms with Gasteiger partial charge in [-0.15, -0.1) is 0 Å². The van der Waals surface area contributed by atoms with Gasteiger partial charge in [0.1, 0.15) is 5.75 Å². The van der Waals surface area contributed by atoms with Crippen molar-refractivity contribution in [1.29, 1.82) is 0 Å². The zero-order valence-electron chi connectivity index (χ0n) is 18.0. The van der Waals surface area contributed by atoms with Gasteiger partial charge in [-0.1, -0.05) is 34.1 Å². The maximum Gasteiger partial charge on any atom is 0.341 e. The number of benzene rings is 2. The number of hydrogen-bond acceptors (Lipinski definition) is 5. The van der Waals surface area contributed by atoms with E-state index in [4.69, 9.17) is 9.84 Å². The van der Waals surface area contributed by atoms with Crippen LogP contribution in [0.2, 0.25) is 0 Å². The van der Waals surface area contributed by atoms with Gasteiger partial charge in [0.05, 0.1) is 16.5 Å². The van der Waals surface area contributed by atoms with E-state index in [0.717, 1.165) is 45.9 Å². The molecule has 0 bridgehead atoms. The van der Waals surface area contributed by atoms with E-state index in [1.807, 2.05) is 41.8 Å². The lowest BCUT2D eigenvalue weighted by Gasteiger charge is -2.14. The summed E-state index contributed by atoms with van der Waals surface area (Å²) in [6.45, 7) is 1.80. The van der Waals surface area contributed by atoms with Crippen molar-refractivity contribution in [3.8, 4) is 5.75 Å². The van der Waals surface area contributed by atoms with Crippen LogP contribution in [0, 0.1) is 6.92 Å². The molecule has 0 radical (unpaired) electrons. The maximum atomic E-state index is 12.6. The summed E-state index contributed by atoms with van der Waals surface area (Å²) in [5, 5.41) is 9.62. The number of carbonyl (C=O) groups is 3. The Labute approximate surface area is 194 Å². The van der Waals surface area contributed by atoms with E-state index in [1.54, 1.807) is 0 Å². The van der Waals surface area contributed by atoms with E-state index >= 15 is 0 Å². The zero-order valence-corrected chi connectivity index (χ0v) is 19.6. The highest BCUT2D eigenvalue weighted by atomic mass is 79.9. The average Bonchev–Trinajstić information content (AvgIpc) is 3.37. The molecule has 4 rings (SSSR count). The highest BCUT2D eigenvalue weighted by Crippen LogP contribution is 2.41. The predicted octanol–water partition coefficient (Wildman–Crippen LogP) is 3.67. The number of carbonyl (C=O) groups excluding carboxylic acids is 2. The molecule has 0 saturated carbocycles. The quantitative estimate of drug-likeness (QED) is 0.290. The standard InChI is InChI=1S/C23H20BrNO5.CH5N/c1-13-21(18(27)11-26)22-19(30-12-20(28)29)9-14-6-4-7-16(14)23(22)25(13)10-15-5-2-3-8-17(15)24;1-2/h2-3,5,8-9,11H,4,6-7,10,12H2,1H3,(H,28,29);2H2,1H3. The van der Waals surface area contributed by atoms with Crippen molar-refractivity contribution in [2.75, 3.05) is 13.7 Å². The Balaban J connectivity index is 0.00000141. The number of ether oxygens (including phenoxy) is 1. The minimum Gasteiger partial charge on any atom is -0.481 e. The van der Waals surface area contributed by atoms with Gasteiger partial charge in [-0.2, -0.15) is 0 Å². The smallest absolute Gasteiger partial charge is 0.341 e. The SMILES string of the molecule is CN.Cc1c(C(=O)C=O)c2c(OCC(=O)O)cc3c(c2n1Cc1ccccc1Br)CCC3. The summed E-state index contributed by atoms with van der Waals surface area (Å²) in [6.07, 6.45) is 3.01. The number of aldehydes is 1. The van der Waals surface area contributed by atoms with E-state index in [0.29, 0.717) is 29.7 Å². The number of aryl methyl sites for hydroxylation is 2. The Morgan fingerprint density at radius 3 is 2.62 bits per heavy atom. The number of aliphatic carboxylic acids is 1. The highest BCUT2D eigenvalue weighted by molar-refractivity contribution is 9.10. The van der Waals surface area contributed by atoms with Gasteiger partial charge in [0, 0.05) is 16.7 Å². The van der Waals surface area contributed by atoms with Crippen LogP contribution in [0.5, 0.6) is 5.75 Å². The van der Waals surface area contributed by atoms with Gasteiger partial charge < -0.3 is 20.1 Å². The first kappa shape index (κ1) is 23.7. The predicted molar refractivity (Wildman–Crippen MR) is 126 cm³/mol. The number of halogens is 1. The molecule has 0 amide bonds. The van der Waals surface area contributed by atoms with Crippen LogP contribution in [-0.4, -0.2) is 41.4 Å². The van der Waals surface area contributed by atoms with E-state index in [9.17, 15) is 14.4 Å². The fraction of sp³-hybridized carbons (Fsp3) is 0.292. The Hall–Kier alpha value is -2.97. The van der Waals surface area contributed by atoms with Crippen LogP contribution in [0.4, 0.5) is 0 Å². The zero-order chi connectivity index (χ0) is 23.4. The number of aromatic nitrogens is 1. The van der Waals surface area contributed by atoms with Crippen molar-refractivity contribution in [2.45, 2.75) is 32.7 Å². The molecule has 32 heavy (non-hydrogen) atoms. The lowest BCUT2D eigenvalue weighted by Crippen LogP contribution is -2.10. The Morgan fingerprint density at radius 2 is 1.97 bits per heavy atom. The number of fused-ring (bicyclic) bond motifs is 3. The molecule has 1 aliphatic carbocycles. The second kappa shape index (κ2) is 10.1. The van der Waals surface area contributed by atoms with Crippen molar-refractivity contribution in [2.24, 2.45) is 5.73 Å². The third-order valence-corrected chi connectivity index (χ3v) is 6.39. The number of nitrogens with zero attached hydrogens (tertiary/aromatic N) is 1. The molecule has 0 fully saturated rings. The molecule has 3 aromatic rings. The van der Waals surface area contributed by atoms with Crippen LogP contribution in [-0.2, 0) is 29.0 Å².